The summed E-state index contributed by atoms with van der Waals surface area (Å²) in [6, 6.07) is 34.6. The third-order valence-electron chi connectivity index (χ3n) is 9.96. The average Bonchev–Trinajstić information content (AvgIpc) is 1.09. The summed E-state index contributed by atoms with van der Waals surface area (Å²) < 4.78 is 246. The summed E-state index contributed by atoms with van der Waals surface area (Å²) in [5.41, 5.74) is 12.5. The van der Waals surface area contributed by atoms with Crippen molar-refractivity contribution in [2.45, 2.75) is 59.5 Å². The van der Waals surface area contributed by atoms with Gasteiger partial charge in [0.25, 0.3) is 22.8 Å². The van der Waals surface area contributed by atoms with Gasteiger partial charge in [0, 0.05) is 31.2 Å². The van der Waals surface area contributed by atoms with E-state index in [1.165, 1.54) is 6.92 Å². The number of nitriles is 1. The van der Waals surface area contributed by atoms with Crippen LogP contribution in [0.1, 0.15) is 51.4 Å². The van der Waals surface area contributed by atoms with E-state index in [1.54, 1.807) is 30.9 Å². The Morgan fingerprint density at radius 3 is 0.609 bits per heavy atom. The van der Waals surface area contributed by atoms with Crippen molar-refractivity contribution in [1.82, 2.24) is 0 Å². The van der Waals surface area contributed by atoms with E-state index >= 15 is 0 Å². The van der Waals surface area contributed by atoms with Gasteiger partial charge in [0.1, 0.15) is 26.4 Å². The zero-order chi connectivity index (χ0) is 65.9. The van der Waals surface area contributed by atoms with Crippen LogP contribution in [0.2, 0.25) is 0 Å². The molecule has 4 aromatic heterocycles. The Kier molecular flexibility index (Phi) is 19.4. The van der Waals surface area contributed by atoms with Crippen LogP contribution in [0.5, 0.6) is 0 Å². The number of nitrogens with zero attached hydrogens (tertiary/aromatic N) is 9. The van der Waals surface area contributed by atoms with Crippen LogP contribution in [0.4, 0.5) is 101 Å². The first kappa shape index (κ1) is 71.9. The molecular formula is C46H43F24N9O4P4. The van der Waals surface area contributed by atoms with Gasteiger partial charge in [-0.3, -0.25) is 0 Å². The fourth-order valence-electron chi connectivity index (χ4n) is 6.96. The Bertz CT molecular complexity index is 3090. The van der Waals surface area contributed by atoms with Crippen LogP contribution in [0.25, 0.3) is 22.8 Å². The number of rotatable bonds is 0. The first-order valence-electron chi connectivity index (χ1n) is 23.4. The van der Waals surface area contributed by atoms with Crippen LogP contribution in [0, 0.1) is 11.3 Å². The minimum absolute atomic E-state index is 0.366. The standard InChI is InChI=1S/C44H40N8O4.C2H3N.4F6P/c1-2-34-4-3-33(1)29-53-45-21-37-9-13-41-43-15-11-39(27-51(43)18-17-49(41)25-37)23-47-55-31-35-5-7-36(8-6-35)32-56-48-24-40-12-16-44-42-14-10-38(22-46-54-30-34)26-50(42)19-20-52(44)28-40;1-2-3;4*1-7(2,3,4,5)6/h1-16,21-28H,17-20,29-32H2;1H3;;;;/q+4;;4*-1/b45-21+,46-22+,47-23+,48-24+;;;;;. The Morgan fingerprint density at radius 1 is 0.310 bits per heavy atom. The van der Waals surface area contributed by atoms with Crippen LogP contribution in [0.15, 0.2) is 142 Å². The Morgan fingerprint density at radius 2 is 0.460 bits per heavy atom. The quantitative estimate of drug-likeness (QED) is 0.0851. The number of hydrogen-bond acceptors (Lipinski definition) is 9. The van der Waals surface area contributed by atoms with Crippen molar-refractivity contribution in [1.29, 1.82) is 5.26 Å². The van der Waals surface area contributed by atoms with Gasteiger partial charge in [-0.05, 0) is 46.5 Å². The number of hydrogen-bond donors (Lipinski definition) is 0. The zero-order valence-corrected chi connectivity index (χ0v) is 47.1. The first-order valence-corrected chi connectivity index (χ1v) is 31.5. The van der Waals surface area contributed by atoms with E-state index < -0.39 is 31.2 Å². The van der Waals surface area contributed by atoms with E-state index in [4.69, 9.17) is 24.6 Å². The number of oxime groups is 4. The van der Waals surface area contributed by atoms with Crippen molar-refractivity contribution < 1.29 is 138 Å². The zero-order valence-electron chi connectivity index (χ0n) is 43.5. The molecule has 19 aliphatic heterocycles. The maximum atomic E-state index is 9.87. The number of aromatic nitrogens is 4. The second-order valence-electron chi connectivity index (χ2n) is 17.9. The molecule has 0 saturated heterocycles. The fraction of sp³-hybridized carbons (Fsp3) is 0.196. The second kappa shape index (κ2) is 23.5. The third-order valence-corrected chi connectivity index (χ3v) is 9.96. The molecule has 0 N–H and O–H groups in total. The third kappa shape index (κ3) is 37.6. The summed E-state index contributed by atoms with van der Waals surface area (Å²) in [6.45, 7) is 6.24. The van der Waals surface area contributed by atoms with Crippen molar-refractivity contribution in [3.05, 3.63) is 166 Å². The van der Waals surface area contributed by atoms with Crippen molar-refractivity contribution >= 4 is 56.1 Å². The molecule has 87 heavy (non-hydrogen) atoms. The number of halogens is 24. The molecule has 0 spiro atoms. The normalized spacial score (nSPS) is 18.6. The molecular weight excluding hydrogens is 1320 g/mol. The summed E-state index contributed by atoms with van der Waals surface area (Å²) >= 11 is 0. The van der Waals surface area contributed by atoms with E-state index in [9.17, 15) is 101 Å². The SMILES string of the molecule is C1=N/OCc2ccc(cc2)CO/N=C/c2ccc3[n+](c2)CC[n+]2cc(ccc2-3)/C=N/OCc2ccc(cc2)CO/N=C/c2ccc3[n+](c2)CC[n+]2cc/1ccc2-3.CC#N.F[P-](F)(F)(F)(F)F.F[P-](F)(F)(F)(F)F.F[P-](F)(F)(F)(F)F.F[P-](F)(F)(F)(F)F. The van der Waals surface area contributed by atoms with Gasteiger partial charge in [-0.2, -0.15) is 23.5 Å². The van der Waals surface area contributed by atoms with E-state index in [0.29, 0.717) is 26.4 Å². The van der Waals surface area contributed by atoms with Crippen LogP contribution in [0.3, 0.4) is 0 Å². The Balaban J connectivity index is 0.000000430. The molecule has 6 aromatic rings. The average molecular weight is 1370 g/mol. The number of aryl methyl sites for hydroxylation is 4. The molecule has 484 valence electrons. The van der Waals surface area contributed by atoms with Crippen molar-refractivity contribution in [2.75, 3.05) is 0 Å². The van der Waals surface area contributed by atoms with E-state index in [0.717, 1.165) is 93.5 Å². The van der Waals surface area contributed by atoms with Gasteiger partial charge >= 0.3 is 132 Å². The van der Waals surface area contributed by atoms with E-state index in [1.807, 2.05) is 48.5 Å². The topological polar surface area (TPSA) is 126 Å². The van der Waals surface area contributed by atoms with Crippen LogP contribution in [-0.4, -0.2) is 24.9 Å². The molecule has 0 unspecified atom stereocenters. The molecule has 19 aliphatic rings. The fourth-order valence-corrected chi connectivity index (χ4v) is 6.96. The van der Waals surface area contributed by atoms with Gasteiger partial charge < -0.3 is 19.4 Å². The second-order valence-corrected chi connectivity index (χ2v) is 25.6. The van der Waals surface area contributed by atoms with Crippen molar-refractivity contribution in [3.63, 3.8) is 0 Å². The van der Waals surface area contributed by atoms with Crippen molar-refractivity contribution in [3.8, 4) is 28.8 Å². The van der Waals surface area contributed by atoms with E-state index in [-0.39, 0.29) is 0 Å². The summed E-state index contributed by atoms with van der Waals surface area (Å²) in [5, 5.41) is 24.3. The number of benzene rings is 2. The molecule has 0 amide bonds. The predicted octanol–water partition coefficient (Wildman–Crippen LogP) is 18.8. The molecule has 0 radical (unpaired) electrons. The van der Waals surface area contributed by atoms with Gasteiger partial charge in [-0.25, -0.2) is 0 Å². The minimum atomic E-state index is -10.7. The van der Waals surface area contributed by atoms with Gasteiger partial charge in [0.2, 0.25) is 26.2 Å². The Labute approximate surface area is 474 Å². The van der Waals surface area contributed by atoms with Gasteiger partial charge in [0.05, 0.1) is 53.2 Å². The molecule has 0 atom stereocenters. The number of pyridine rings is 4. The molecule has 2 aromatic carbocycles. The molecule has 25 rings (SSSR count). The molecule has 0 saturated carbocycles. The molecule has 0 aliphatic carbocycles. The predicted molar refractivity (Wildman–Crippen MR) is 273 cm³/mol. The van der Waals surface area contributed by atoms with E-state index in [2.05, 4.69) is 112 Å². The molecule has 0 fully saturated rings. The van der Waals surface area contributed by atoms with Gasteiger partial charge in [0.15, 0.2) is 24.8 Å². The molecule has 23 heterocycles. The molecule has 41 heteroatoms. The maximum absolute atomic E-state index is 10.7. The van der Waals surface area contributed by atoms with Gasteiger partial charge in [-0.1, -0.05) is 69.2 Å². The van der Waals surface area contributed by atoms with Crippen LogP contribution in [-0.2, 0) is 72.0 Å². The molecule has 16 bridgehead atoms. The Hall–Kier alpha value is -7.55. The van der Waals surface area contributed by atoms with Crippen LogP contribution >= 0.6 is 31.2 Å². The molecule has 13 nitrogen and oxygen atoms in total. The van der Waals surface area contributed by atoms with Crippen LogP contribution < -0.4 is 18.3 Å². The first-order chi connectivity index (χ1) is 38.9. The summed E-state index contributed by atoms with van der Waals surface area (Å²) in [4.78, 5) is 22.5. The van der Waals surface area contributed by atoms with Crippen molar-refractivity contribution in [2.24, 2.45) is 20.6 Å². The van der Waals surface area contributed by atoms with Gasteiger partial charge in [-0.15, -0.1) is 0 Å². The summed E-state index contributed by atoms with van der Waals surface area (Å²) in [7, 11) is -42.6. The summed E-state index contributed by atoms with van der Waals surface area (Å²) in [6.07, 6.45) is 15.4. The summed E-state index contributed by atoms with van der Waals surface area (Å²) in [5.74, 6) is 0. The monoisotopic (exact) mass is 1370 g/mol.